The number of hydrogen-bond acceptors (Lipinski definition) is 1. The summed E-state index contributed by atoms with van der Waals surface area (Å²) >= 11 is 0. The number of para-hydroxylation sites is 1. The fourth-order valence-corrected chi connectivity index (χ4v) is 2.39. The summed E-state index contributed by atoms with van der Waals surface area (Å²) in [6.45, 7) is 0.528. The van der Waals surface area contributed by atoms with E-state index in [1.807, 2.05) is 6.07 Å². The molecule has 0 atom stereocenters. The lowest BCUT2D eigenvalue weighted by Gasteiger charge is -2.14. The third kappa shape index (κ3) is 2.07. The normalized spacial score (nSPS) is 14.1. The number of benzene rings is 2. The van der Waals surface area contributed by atoms with Gasteiger partial charge in [0.05, 0.1) is 12.2 Å². The third-order valence-electron chi connectivity index (χ3n) is 3.24. The Morgan fingerprint density at radius 2 is 1.63 bits per heavy atom. The van der Waals surface area contributed by atoms with E-state index in [0.717, 1.165) is 18.1 Å². The zero-order valence-electron chi connectivity index (χ0n) is 10.00. The van der Waals surface area contributed by atoms with E-state index in [-0.39, 0.29) is 5.56 Å². The Morgan fingerprint density at radius 3 is 2.42 bits per heavy atom. The van der Waals surface area contributed by atoms with Gasteiger partial charge in [0.1, 0.15) is 5.75 Å². The van der Waals surface area contributed by atoms with Crippen LogP contribution >= 0.6 is 0 Å². The van der Waals surface area contributed by atoms with Crippen molar-refractivity contribution in [2.75, 3.05) is 6.61 Å². The molecule has 0 aromatic heterocycles. The van der Waals surface area contributed by atoms with Gasteiger partial charge in [0.25, 0.3) is 0 Å². The molecule has 1 heterocycles. The molecule has 2 aromatic carbocycles. The number of ether oxygens (including phenoxy) is 1. The highest BCUT2D eigenvalue weighted by molar-refractivity contribution is 5.76. The number of alkyl halides is 3. The average Bonchev–Trinajstić information content (AvgIpc) is 2.85. The van der Waals surface area contributed by atoms with Crippen LogP contribution in [0.2, 0.25) is 0 Å². The van der Waals surface area contributed by atoms with E-state index in [9.17, 15) is 13.2 Å². The summed E-state index contributed by atoms with van der Waals surface area (Å²) in [5, 5.41) is 0. The molecular formula is C15H11F3O. The molecule has 0 saturated carbocycles. The van der Waals surface area contributed by atoms with Crippen LogP contribution in [0.3, 0.4) is 0 Å². The highest BCUT2D eigenvalue weighted by Gasteiger charge is 2.34. The SMILES string of the molecule is FC(F)(F)c1ccccc1-c1cccc2c1OCC2. The molecule has 0 bridgehead atoms. The first-order chi connectivity index (χ1) is 9.07. The standard InChI is InChI=1S/C15H11F3O/c16-15(17,18)13-7-2-1-5-11(13)12-6-3-4-10-8-9-19-14(10)12/h1-7H,8-9H2. The lowest BCUT2D eigenvalue weighted by Crippen LogP contribution is -2.07. The molecule has 1 aliphatic heterocycles. The summed E-state index contributed by atoms with van der Waals surface area (Å²) in [4.78, 5) is 0. The predicted molar refractivity (Wildman–Crippen MR) is 66.1 cm³/mol. The van der Waals surface area contributed by atoms with Crippen LogP contribution in [0.25, 0.3) is 11.1 Å². The Labute approximate surface area is 108 Å². The lowest BCUT2D eigenvalue weighted by molar-refractivity contribution is -0.137. The van der Waals surface area contributed by atoms with Crippen molar-refractivity contribution in [2.24, 2.45) is 0 Å². The van der Waals surface area contributed by atoms with E-state index < -0.39 is 11.7 Å². The van der Waals surface area contributed by atoms with Crippen molar-refractivity contribution in [1.29, 1.82) is 0 Å². The Balaban J connectivity index is 2.21. The van der Waals surface area contributed by atoms with E-state index in [1.165, 1.54) is 12.1 Å². The molecule has 19 heavy (non-hydrogen) atoms. The largest absolute Gasteiger partial charge is 0.492 e. The second-order valence-corrected chi connectivity index (χ2v) is 4.44. The maximum Gasteiger partial charge on any atom is 0.417 e. The van der Waals surface area contributed by atoms with E-state index in [2.05, 4.69) is 0 Å². The minimum Gasteiger partial charge on any atom is -0.492 e. The van der Waals surface area contributed by atoms with Crippen molar-refractivity contribution in [3.63, 3.8) is 0 Å². The van der Waals surface area contributed by atoms with Gasteiger partial charge in [0.2, 0.25) is 0 Å². The number of rotatable bonds is 1. The smallest absolute Gasteiger partial charge is 0.417 e. The Kier molecular flexibility index (Phi) is 2.73. The zero-order valence-corrected chi connectivity index (χ0v) is 10.00. The molecular weight excluding hydrogens is 253 g/mol. The fraction of sp³-hybridized carbons (Fsp3) is 0.200. The maximum absolute atomic E-state index is 13.0. The van der Waals surface area contributed by atoms with Crippen LogP contribution in [0.4, 0.5) is 13.2 Å². The van der Waals surface area contributed by atoms with Crippen molar-refractivity contribution in [2.45, 2.75) is 12.6 Å². The number of hydrogen-bond donors (Lipinski definition) is 0. The first kappa shape index (κ1) is 12.1. The van der Waals surface area contributed by atoms with Crippen molar-refractivity contribution >= 4 is 0 Å². The molecule has 0 amide bonds. The molecule has 3 rings (SSSR count). The zero-order chi connectivity index (χ0) is 13.5. The number of halogens is 3. The third-order valence-corrected chi connectivity index (χ3v) is 3.24. The molecule has 98 valence electrons. The van der Waals surface area contributed by atoms with Crippen LogP contribution in [0.5, 0.6) is 5.75 Å². The van der Waals surface area contributed by atoms with Gasteiger partial charge >= 0.3 is 6.18 Å². The summed E-state index contributed by atoms with van der Waals surface area (Å²) in [5.41, 5.74) is 1.03. The molecule has 0 saturated heterocycles. The van der Waals surface area contributed by atoms with Crippen LogP contribution in [0.1, 0.15) is 11.1 Å². The molecule has 4 heteroatoms. The topological polar surface area (TPSA) is 9.23 Å². The van der Waals surface area contributed by atoms with Crippen LogP contribution in [-0.4, -0.2) is 6.61 Å². The fourth-order valence-electron chi connectivity index (χ4n) is 2.39. The van der Waals surface area contributed by atoms with Crippen LogP contribution in [0, 0.1) is 0 Å². The predicted octanol–water partition coefficient (Wildman–Crippen LogP) is 4.31. The first-order valence-corrected chi connectivity index (χ1v) is 5.98. The second-order valence-electron chi connectivity index (χ2n) is 4.44. The van der Waals surface area contributed by atoms with Crippen molar-refractivity contribution in [3.05, 3.63) is 53.6 Å². The quantitative estimate of drug-likeness (QED) is 0.745. The minimum atomic E-state index is -4.36. The van der Waals surface area contributed by atoms with Crippen molar-refractivity contribution in [3.8, 4) is 16.9 Å². The van der Waals surface area contributed by atoms with Crippen LogP contribution in [0.15, 0.2) is 42.5 Å². The van der Waals surface area contributed by atoms with Crippen molar-refractivity contribution < 1.29 is 17.9 Å². The molecule has 0 spiro atoms. The Bertz CT molecular complexity index is 617. The molecule has 0 N–H and O–H groups in total. The molecule has 0 fully saturated rings. The molecule has 1 aliphatic rings. The monoisotopic (exact) mass is 264 g/mol. The molecule has 1 nitrogen and oxygen atoms in total. The maximum atomic E-state index is 13.0. The van der Waals surface area contributed by atoms with Gasteiger partial charge in [0.15, 0.2) is 0 Å². The van der Waals surface area contributed by atoms with Gasteiger partial charge in [-0.25, -0.2) is 0 Å². The second kappa shape index (κ2) is 4.30. The van der Waals surface area contributed by atoms with Crippen molar-refractivity contribution in [1.82, 2.24) is 0 Å². The van der Waals surface area contributed by atoms with Crippen LogP contribution < -0.4 is 4.74 Å². The van der Waals surface area contributed by atoms with Gasteiger partial charge in [-0.15, -0.1) is 0 Å². The Hall–Kier alpha value is -1.97. The molecule has 2 aromatic rings. The first-order valence-electron chi connectivity index (χ1n) is 5.98. The van der Waals surface area contributed by atoms with E-state index >= 15 is 0 Å². The molecule has 0 radical (unpaired) electrons. The van der Waals surface area contributed by atoms with Gasteiger partial charge in [-0.2, -0.15) is 13.2 Å². The van der Waals surface area contributed by atoms with E-state index in [1.54, 1.807) is 18.2 Å². The van der Waals surface area contributed by atoms with Gasteiger partial charge < -0.3 is 4.74 Å². The summed E-state index contributed by atoms with van der Waals surface area (Å²) in [6.07, 6.45) is -3.62. The van der Waals surface area contributed by atoms with Gasteiger partial charge in [-0.3, -0.25) is 0 Å². The highest BCUT2D eigenvalue weighted by atomic mass is 19.4. The average molecular weight is 264 g/mol. The summed E-state index contributed by atoms with van der Waals surface area (Å²) in [7, 11) is 0. The highest BCUT2D eigenvalue weighted by Crippen LogP contribution is 2.42. The van der Waals surface area contributed by atoms with E-state index in [4.69, 9.17) is 4.74 Å². The minimum absolute atomic E-state index is 0.175. The summed E-state index contributed by atoms with van der Waals surface area (Å²) < 4.78 is 44.6. The van der Waals surface area contributed by atoms with Gasteiger partial charge in [-0.05, 0) is 17.2 Å². The van der Waals surface area contributed by atoms with E-state index in [0.29, 0.717) is 17.9 Å². The lowest BCUT2D eigenvalue weighted by atomic mass is 9.96. The molecule has 0 unspecified atom stereocenters. The molecule has 0 aliphatic carbocycles. The van der Waals surface area contributed by atoms with Gasteiger partial charge in [0, 0.05) is 12.0 Å². The summed E-state index contributed by atoms with van der Waals surface area (Å²) in [5.74, 6) is 0.583. The van der Waals surface area contributed by atoms with Gasteiger partial charge in [-0.1, -0.05) is 36.4 Å². The van der Waals surface area contributed by atoms with Crippen LogP contribution in [-0.2, 0) is 12.6 Å². The Morgan fingerprint density at radius 1 is 0.895 bits per heavy atom. The number of fused-ring (bicyclic) bond motifs is 1. The summed E-state index contributed by atoms with van der Waals surface area (Å²) in [6, 6.07) is 10.9.